The first-order valence-electron chi connectivity index (χ1n) is 5.71. The second kappa shape index (κ2) is 6.19. The molecule has 8 heteroatoms. The van der Waals surface area contributed by atoms with Gasteiger partial charge < -0.3 is 15.2 Å². The summed E-state index contributed by atoms with van der Waals surface area (Å²) in [4.78, 5) is 30.1. The van der Waals surface area contributed by atoms with Crippen molar-refractivity contribution in [2.24, 2.45) is 0 Å². The smallest absolute Gasteiger partial charge is 0.358 e. The highest BCUT2D eigenvalue weighted by Gasteiger charge is 2.11. The molecule has 2 aromatic rings. The van der Waals surface area contributed by atoms with E-state index in [1.165, 1.54) is 37.7 Å². The molecule has 1 heterocycles. The van der Waals surface area contributed by atoms with Gasteiger partial charge in [0.2, 0.25) is 0 Å². The van der Waals surface area contributed by atoms with Crippen molar-refractivity contribution in [3.63, 3.8) is 0 Å². The van der Waals surface area contributed by atoms with Gasteiger partial charge in [0.15, 0.2) is 5.69 Å². The van der Waals surface area contributed by atoms with Crippen LogP contribution < -0.4 is 5.32 Å². The Labute approximate surface area is 124 Å². The molecule has 2 rings (SSSR count). The fourth-order valence-electron chi connectivity index (χ4n) is 1.52. The van der Waals surface area contributed by atoms with Crippen LogP contribution in [0, 0.1) is 0 Å². The van der Waals surface area contributed by atoms with Crippen molar-refractivity contribution >= 4 is 35.0 Å². The van der Waals surface area contributed by atoms with Gasteiger partial charge in [-0.3, -0.25) is 4.98 Å². The number of carbonyl (C=O) groups excluding carboxylic acids is 1. The maximum atomic E-state index is 11.4. The summed E-state index contributed by atoms with van der Waals surface area (Å²) in [7, 11) is 1.24. The maximum absolute atomic E-state index is 11.4. The summed E-state index contributed by atoms with van der Waals surface area (Å²) in [6, 6.07) is 4.20. The molecule has 0 aliphatic heterocycles. The largest absolute Gasteiger partial charge is 0.478 e. The molecular weight excluding hydrogens is 298 g/mol. The Morgan fingerprint density at radius 1 is 1.33 bits per heavy atom. The van der Waals surface area contributed by atoms with E-state index in [1.807, 2.05) is 0 Å². The Morgan fingerprint density at radius 3 is 2.71 bits per heavy atom. The molecule has 0 aliphatic carbocycles. The van der Waals surface area contributed by atoms with Crippen LogP contribution in [-0.2, 0) is 4.74 Å². The van der Waals surface area contributed by atoms with Gasteiger partial charge in [-0.2, -0.15) is 0 Å². The summed E-state index contributed by atoms with van der Waals surface area (Å²) in [6.07, 6.45) is 2.67. The van der Waals surface area contributed by atoms with Crippen molar-refractivity contribution < 1.29 is 19.4 Å². The lowest BCUT2D eigenvalue weighted by atomic mass is 10.2. The average molecular weight is 308 g/mol. The fraction of sp³-hybridized carbons (Fsp3) is 0.0769. The first kappa shape index (κ1) is 14.7. The summed E-state index contributed by atoms with van der Waals surface area (Å²) in [6.45, 7) is 0. The van der Waals surface area contributed by atoms with Crippen LogP contribution in [0.25, 0.3) is 0 Å². The number of methoxy groups -OCH3 is 1. The van der Waals surface area contributed by atoms with Gasteiger partial charge in [-0.05, 0) is 18.2 Å². The van der Waals surface area contributed by atoms with E-state index < -0.39 is 11.9 Å². The van der Waals surface area contributed by atoms with Crippen molar-refractivity contribution in [2.75, 3.05) is 12.4 Å². The zero-order valence-corrected chi connectivity index (χ0v) is 11.6. The standard InChI is InChI=1S/C13H10ClN3O4/c1-21-13(20)10-5-15-6-11(17-10)16-9-3-2-7(12(18)19)4-8(9)14/h2-6H,1H3,(H,16,17)(H,18,19). The second-order valence-electron chi connectivity index (χ2n) is 3.91. The number of carboxylic acid groups (broad SMARTS) is 1. The number of hydrogen-bond donors (Lipinski definition) is 2. The van der Waals surface area contributed by atoms with Crippen LogP contribution in [0.2, 0.25) is 5.02 Å². The molecule has 0 fully saturated rings. The molecule has 0 saturated carbocycles. The molecule has 0 radical (unpaired) electrons. The minimum atomic E-state index is -1.07. The number of hydrogen-bond acceptors (Lipinski definition) is 6. The van der Waals surface area contributed by atoms with Crippen molar-refractivity contribution in [2.45, 2.75) is 0 Å². The maximum Gasteiger partial charge on any atom is 0.358 e. The number of anilines is 2. The number of nitrogens with one attached hydrogen (secondary N) is 1. The van der Waals surface area contributed by atoms with Crippen molar-refractivity contribution in [3.05, 3.63) is 46.9 Å². The van der Waals surface area contributed by atoms with Crippen LogP contribution in [0.1, 0.15) is 20.8 Å². The normalized spacial score (nSPS) is 10.0. The summed E-state index contributed by atoms with van der Waals surface area (Å²) >= 11 is 5.99. The van der Waals surface area contributed by atoms with Crippen LogP contribution >= 0.6 is 11.6 Å². The van der Waals surface area contributed by atoms with E-state index in [0.29, 0.717) is 5.69 Å². The highest BCUT2D eigenvalue weighted by atomic mass is 35.5. The number of benzene rings is 1. The van der Waals surface area contributed by atoms with E-state index in [2.05, 4.69) is 20.0 Å². The van der Waals surface area contributed by atoms with E-state index in [-0.39, 0.29) is 22.1 Å². The zero-order valence-electron chi connectivity index (χ0n) is 10.8. The third kappa shape index (κ3) is 3.46. The summed E-state index contributed by atoms with van der Waals surface area (Å²) in [5, 5.41) is 11.9. The first-order valence-corrected chi connectivity index (χ1v) is 6.09. The monoisotopic (exact) mass is 307 g/mol. The van der Waals surface area contributed by atoms with E-state index in [4.69, 9.17) is 16.7 Å². The van der Waals surface area contributed by atoms with Gasteiger partial charge in [0, 0.05) is 0 Å². The van der Waals surface area contributed by atoms with Crippen molar-refractivity contribution in [1.82, 2.24) is 9.97 Å². The fourth-order valence-corrected chi connectivity index (χ4v) is 1.74. The van der Waals surface area contributed by atoms with Gasteiger partial charge in [-0.15, -0.1) is 0 Å². The predicted octanol–water partition coefficient (Wildman–Crippen LogP) is 2.36. The van der Waals surface area contributed by atoms with Crippen LogP contribution in [0.15, 0.2) is 30.6 Å². The third-order valence-electron chi connectivity index (χ3n) is 2.51. The lowest BCUT2D eigenvalue weighted by molar-refractivity contribution is 0.0592. The lowest BCUT2D eigenvalue weighted by Crippen LogP contribution is -2.07. The highest BCUT2D eigenvalue weighted by Crippen LogP contribution is 2.25. The minimum Gasteiger partial charge on any atom is -0.478 e. The molecule has 0 amide bonds. The molecule has 0 unspecified atom stereocenters. The molecule has 7 nitrogen and oxygen atoms in total. The Kier molecular flexibility index (Phi) is 4.34. The van der Waals surface area contributed by atoms with Gasteiger partial charge in [-0.1, -0.05) is 11.6 Å². The van der Waals surface area contributed by atoms with Crippen LogP contribution in [-0.4, -0.2) is 34.1 Å². The summed E-state index contributed by atoms with van der Waals surface area (Å²) in [5.41, 5.74) is 0.554. The number of aromatic carboxylic acids is 1. The molecule has 0 aliphatic rings. The molecule has 1 aromatic heterocycles. The Hall–Kier alpha value is -2.67. The number of rotatable bonds is 4. The number of ether oxygens (including phenoxy) is 1. The van der Waals surface area contributed by atoms with E-state index in [9.17, 15) is 9.59 Å². The van der Waals surface area contributed by atoms with E-state index in [0.717, 1.165) is 0 Å². The number of carboxylic acids is 1. The van der Waals surface area contributed by atoms with E-state index in [1.54, 1.807) is 0 Å². The van der Waals surface area contributed by atoms with Crippen molar-refractivity contribution in [1.29, 1.82) is 0 Å². The quantitative estimate of drug-likeness (QED) is 0.836. The Morgan fingerprint density at radius 2 is 2.10 bits per heavy atom. The number of carbonyl (C=O) groups is 2. The van der Waals surface area contributed by atoms with Gasteiger partial charge in [0.1, 0.15) is 5.82 Å². The van der Waals surface area contributed by atoms with Crippen LogP contribution in [0.5, 0.6) is 0 Å². The third-order valence-corrected chi connectivity index (χ3v) is 2.82. The number of aromatic nitrogens is 2. The molecule has 1 aromatic carbocycles. The number of halogens is 1. The van der Waals surface area contributed by atoms with Crippen LogP contribution in [0.4, 0.5) is 11.5 Å². The predicted molar refractivity (Wildman–Crippen MR) is 75.1 cm³/mol. The number of nitrogens with zero attached hydrogens (tertiary/aromatic N) is 2. The molecule has 21 heavy (non-hydrogen) atoms. The lowest BCUT2D eigenvalue weighted by Gasteiger charge is -2.08. The average Bonchev–Trinajstić information content (AvgIpc) is 2.48. The number of esters is 1. The van der Waals surface area contributed by atoms with Gasteiger partial charge in [0.25, 0.3) is 0 Å². The molecule has 108 valence electrons. The highest BCUT2D eigenvalue weighted by molar-refractivity contribution is 6.33. The van der Waals surface area contributed by atoms with E-state index >= 15 is 0 Å². The Bertz CT molecular complexity index is 706. The zero-order chi connectivity index (χ0) is 15.4. The topological polar surface area (TPSA) is 101 Å². The molecule has 0 bridgehead atoms. The van der Waals surface area contributed by atoms with Crippen molar-refractivity contribution in [3.8, 4) is 0 Å². The molecule has 0 atom stereocenters. The molecule has 0 spiro atoms. The van der Waals surface area contributed by atoms with Gasteiger partial charge >= 0.3 is 11.9 Å². The van der Waals surface area contributed by atoms with Gasteiger partial charge in [-0.25, -0.2) is 14.6 Å². The first-order chi connectivity index (χ1) is 10.0. The van der Waals surface area contributed by atoms with Gasteiger partial charge in [0.05, 0.1) is 35.8 Å². The second-order valence-corrected chi connectivity index (χ2v) is 4.31. The molecule has 0 saturated heterocycles. The summed E-state index contributed by atoms with van der Waals surface area (Å²) in [5.74, 6) is -1.41. The van der Waals surface area contributed by atoms with Crippen LogP contribution in [0.3, 0.4) is 0 Å². The SMILES string of the molecule is COC(=O)c1cncc(Nc2ccc(C(=O)O)cc2Cl)n1. The molecule has 2 N–H and O–H groups in total. The Balaban J connectivity index is 2.26. The minimum absolute atomic E-state index is 0.0424. The molecular formula is C13H10ClN3O4. The summed E-state index contributed by atoms with van der Waals surface area (Å²) < 4.78 is 4.55.